The van der Waals surface area contributed by atoms with Crippen LogP contribution in [0.2, 0.25) is 15.1 Å². The number of halogens is 3. The first-order chi connectivity index (χ1) is 13.8. The number of carbonyl (C=O) groups excluding carboxylic acids is 2. The highest BCUT2D eigenvalue weighted by Crippen LogP contribution is 2.36. The van der Waals surface area contributed by atoms with Crippen molar-refractivity contribution < 1.29 is 14.3 Å². The minimum atomic E-state index is -0.425. The van der Waals surface area contributed by atoms with E-state index in [1.165, 1.54) is 4.90 Å². The Kier molecular flexibility index (Phi) is 6.85. The van der Waals surface area contributed by atoms with Gasteiger partial charge in [-0.3, -0.25) is 14.5 Å². The van der Waals surface area contributed by atoms with Crippen LogP contribution in [0.4, 0.5) is 5.69 Å². The number of hydrogen-bond acceptors (Lipinski definition) is 4. The number of anilines is 1. The normalized spacial score (nSPS) is 14.2. The Bertz CT molecular complexity index is 1000. The minimum Gasteiger partial charge on any atom is -0.385 e. The summed E-state index contributed by atoms with van der Waals surface area (Å²) in [5.74, 6) is -0.844. The molecule has 8 heteroatoms. The summed E-state index contributed by atoms with van der Waals surface area (Å²) in [5.41, 5.74) is 2.30. The lowest BCUT2D eigenvalue weighted by atomic mass is 10.0. The fraction of sp³-hybridized carbons (Fsp3) is 0.238. The van der Waals surface area contributed by atoms with Crippen molar-refractivity contribution in [3.8, 4) is 0 Å². The summed E-state index contributed by atoms with van der Waals surface area (Å²) < 4.78 is 5.04. The molecule has 5 nitrogen and oxygen atoms in total. The van der Waals surface area contributed by atoms with E-state index in [2.05, 4.69) is 5.32 Å². The standard InChI is InChI=1S/C21H19Cl3N2O3/c1-12-4-5-14(23)11-17(12)25-19-18(15-7-6-13(22)10-16(15)24)20(27)26(21(19)28)8-3-9-29-2/h4-7,10-11,25H,3,8-9H2,1-2H3. The van der Waals surface area contributed by atoms with Crippen LogP contribution >= 0.6 is 34.8 Å². The maximum atomic E-state index is 13.1. The summed E-state index contributed by atoms with van der Waals surface area (Å²) in [6.45, 7) is 2.55. The number of methoxy groups -OCH3 is 1. The van der Waals surface area contributed by atoms with Gasteiger partial charge in [-0.15, -0.1) is 0 Å². The molecule has 2 aromatic carbocycles. The molecular weight excluding hydrogens is 435 g/mol. The number of carbonyl (C=O) groups is 2. The molecule has 0 aliphatic carbocycles. The highest BCUT2D eigenvalue weighted by atomic mass is 35.5. The highest BCUT2D eigenvalue weighted by molar-refractivity contribution is 6.41. The van der Waals surface area contributed by atoms with Crippen molar-refractivity contribution in [2.75, 3.05) is 25.6 Å². The number of benzene rings is 2. The van der Waals surface area contributed by atoms with Crippen molar-refractivity contribution in [3.63, 3.8) is 0 Å². The Morgan fingerprint density at radius 1 is 1.00 bits per heavy atom. The van der Waals surface area contributed by atoms with E-state index in [1.807, 2.05) is 13.0 Å². The van der Waals surface area contributed by atoms with Gasteiger partial charge in [0.2, 0.25) is 0 Å². The first-order valence-electron chi connectivity index (χ1n) is 8.91. The lowest BCUT2D eigenvalue weighted by Crippen LogP contribution is -2.34. The Morgan fingerprint density at radius 3 is 2.38 bits per heavy atom. The van der Waals surface area contributed by atoms with Gasteiger partial charge in [0, 0.05) is 41.6 Å². The summed E-state index contributed by atoms with van der Waals surface area (Å²) in [5, 5.41) is 4.34. The van der Waals surface area contributed by atoms with E-state index in [1.54, 1.807) is 37.4 Å². The van der Waals surface area contributed by atoms with Crippen molar-refractivity contribution in [1.82, 2.24) is 4.90 Å². The Labute approximate surface area is 184 Å². The second kappa shape index (κ2) is 9.18. The topological polar surface area (TPSA) is 58.6 Å². The van der Waals surface area contributed by atoms with Gasteiger partial charge in [-0.1, -0.05) is 46.9 Å². The van der Waals surface area contributed by atoms with Crippen molar-refractivity contribution >= 4 is 57.9 Å². The van der Waals surface area contributed by atoms with Crippen LogP contribution < -0.4 is 5.32 Å². The molecule has 0 aromatic heterocycles. The van der Waals surface area contributed by atoms with Crippen LogP contribution in [0.15, 0.2) is 42.1 Å². The zero-order chi connectivity index (χ0) is 21.1. The number of rotatable bonds is 7. The molecular formula is C21H19Cl3N2O3. The molecule has 2 amide bonds. The fourth-order valence-corrected chi connectivity index (χ4v) is 3.74. The van der Waals surface area contributed by atoms with E-state index < -0.39 is 11.8 Å². The largest absolute Gasteiger partial charge is 0.385 e. The van der Waals surface area contributed by atoms with E-state index in [4.69, 9.17) is 39.5 Å². The van der Waals surface area contributed by atoms with E-state index in [9.17, 15) is 9.59 Å². The zero-order valence-corrected chi connectivity index (χ0v) is 18.2. The molecule has 152 valence electrons. The molecule has 1 heterocycles. The summed E-state index contributed by atoms with van der Waals surface area (Å²) in [7, 11) is 1.57. The first kappa shape index (κ1) is 21.7. The summed E-state index contributed by atoms with van der Waals surface area (Å²) >= 11 is 18.5. The van der Waals surface area contributed by atoms with Crippen LogP contribution in [0.3, 0.4) is 0 Å². The summed E-state index contributed by atoms with van der Waals surface area (Å²) in [6, 6.07) is 10.1. The molecule has 1 aliphatic rings. The molecule has 0 bridgehead atoms. The third-order valence-corrected chi connectivity index (χ3v) is 5.34. The number of imide groups is 1. The first-order valence-corrected chi connectivity index (χ1v) is 10.0. The average Bonchev–Trinajstić information content (AvgIpc) is 2.89. The van der Waals surface area contributed by atoms with Gasteiger partial charge in [0.15, 0.2) is 0 Å². The second-order valence-corrected chi connectivity index (χ2v) is 7.85. The molecule has 0 saturated carbocycles. The van der Waals surface area contributed by atoms with Crippen LogP contribution in [-0.4, -0.2) is 37.0 Å². The Balaban J connectivity index is 2.08. The average molecular weight is 454 g/mol. The molecule has 1 aliphatic heterocycles. The molecule has 0 fully saturated rings. The number of nitrogens with one attached hydrogen (secondary N) is 1. The molecule has 0 spiro atoms. The van der Waals surface area contributed by atoms with Gasteiger partial charge in [-0.05, 0) is 43.2 Å². The Morgan fingerprint density at radius 2 is 1.69 bits per heavy atom. The predicted octanol–water partition coefficient (Wildman–Crippen LogP) is 5.18. The quantitative estimate of drug-likeness (QED) is 0.463. The van der Waals surface area contributed by atoms with Crippen LogP contribution in [0.25, 0.3) is 5.57 Å². The molecule has 0 saturated heterocycles. The monoisotopic (exact) mass is 452 g/mol. The number of hydrogen-bond donors (Lipinski definition) is 1. The number of ether oxygens (including phenoxy) is 1. The van der Waals surface area contributed by atoms with Crippen molar-refractivity contribution in [1.29, 1.82) is 0 Å². The van der Waals surface area contributed by atoms with Gasteiger partial charge in [0.05, 0.1) is 10.6 Å². The smallest absolute Gasteiger partial charge is 0.278 e. The number of amides is 2. The highest BCUT2D eigenvalue weighted by Gasteiger charge is 2.39. The molecule has 0 unspecified atom stereocenters. The van der Waals surface area contributed by atoms with Gasteiger partial charge in [-0.2, -0.15) is 0 Å². The van der Waals surface area contributed by atoms with Crippen LogP contribution in [0.5, 0.6) is 0 Å². The fourth-order valence-electron chi connectivity index (χ4n) is 3.07. The Hall–Kier alpha value is -2.05. The molecule has 29 heavy (non-hydrogen) atoms. The minimum absolute atomic E-state index is 0.155. The van der Waals surface area contributed by atoms with Gasteiger partial charge < -0.3 is 10.1 Å². The van der Waals surface area contributed by atoms with Gasteiger partial charge in [-0.25, -0.2) is 0 Å². The molecule has 2 aromatic rings. The van der Waals surface area contributed by atoms with E-state index >= 15 is 0 Å². The lowest BCUT2D eigenvalue weighted by molar-refractivity contribution is -0.136. The van der Waals surface area contributed by atoms with Crippen LogP contribution in [-0.2, 0) is 14.3 Å². The maximum Gasteiger partial charge on any atom is 0.278 e. The van der Waals surface area contributed by atoms with Gasteiger partial charge in [0.1, 0.15) is 5.70 Å². The predicted molar refractivity (Wildman–Crippen MR) is 116 cm³/mol. The van der Waals surface area contributed by atoms with E-state index in [-0.39, 0.29) is 22.8 Å². The van der Waals surface area contributed by atoms with Crippen molar-refractivity contribution in [2.24, 2.45) is 0 Å². The molecule has 1 N–H and O–H groups in total. The third-order valence-electron chi connectivity index (χ3n) is 4.56. The van der Waals surface area contributed by atoms with Crippen LogP contribution in [0.1, 0.15) is 17.5 Å². The van der Waals surface area contributed by atoms with Gasteiger partial charge in [0.25, 0.3) is 11.8 Å². The lowest BCUT2D eigenvalue weighted by Gasteiger charge is -2.15. The SMILES string of the molecule is COCCCN1C(=O)C(Nc2cc(Cl)ccc2C)=C(c2ccc(Cl)cc2Cl)C1=O. The van der Waals surface area contributed by atoms with E-state index in [0.29, 0.717) is 34.3 Å². The number of aryl methyl sites for hydroxylation is 1. The third kappa shape index (κ3) is 4.59. The molecule has 3 rings (SSSR count). The second-order valence-electron chi connectivity index (χ2n) is 6.57. The zero-order valence-electron chi connectivity index (χ0n) is 15.9. The van der Waals surface area contributed by atoms with Crippen LogP contribution in [0, 0.1) is 6.92 Å². The molecule has 0 radical (unpaired) electrons. The van der Waals surface area contributed by atoms with Crippen molar-refractivity contribution in [2.45, 2.75) is 13.3 Å². The van der Waals surface area contributed by atoms with Crippen molar-refractivity contribution in [3.05, 3.63) is 68.3 Å². The maximum absolute atomic E-state index is 13.1. The molecule has 0 atom stereocenters. The number of nitrogens with zero attached hydrogens (tertiary/aromatic N) is 1. The summed E-state index contributed by atoms with van der Waals surface area (Å²) in [4.78, 5) is 27.5. The summed E-state index contributed by atoms with van der Waals surface area (Å²) in [6.07, 6.45) is 0.527. The van der Waals surface area contributed by atoms with E-state index in [0.717, 1.165) is 5.56 Å². The van der Waals surface area contributed by atoms with Gasteiger partial charge >= 0.3 is 0 Å².